The molecule has 3 N–H and O–H groups in total. The van der Waals surface area contributed by atoms with Crippen LogP contribution in [0.2, 0.25) is 0 Å². The Bertz CT molecular complexity index is 385. The monoisotopic (exact) mass is 452 g/mol. The van der Waals surface area contributed by atoms with Crippen molar-refractivity contribution < 1.29 is 5.11 Å². The molecule has 2 rings (SSSR count). The lowest BCUT2D eigenvalue weighted by molar-refractivity contribution is 0.0879. The van der Waals surface area contributed by atoms with Gasteiger partial charge in [0.15, 0.2) is 5.96 Å². The normalized spacial score (nSPS) is 27.8. The molecular weight excluding hydrogens is 415 g/mol. The number of aliphatic hydroxyl groups is 1. The van der Waals surface area contributed by atoms with Crippen LogP contribution in [0.5, 0.6) is 0 Å². The van der Waals surface area contributed by atoms with Crippen LogP contribution in [0.25, 0.3) is 0 Å². The largest absolute Gasteiger partial charge is 0.391 e. The van der Waals surface area contributed by atoms with E-state index in [1.807, 2.05) is 7.05 Å². The minimum Gasteiger partial charge on any atom is -0.391 e. The summed E-state index contributed by atoms with van der Waals surface area (Å²) in [6.45, 7) is 9.59. The summed E-state index contributed by atoms with van der Waals surface area (Å²) in [5.74, 6) is 1.89. The second-order valence-electron chi connectivity index (χ2n) is 7.69. The van der Waals surface area contributed by atoms with Gasteiger partial charge in [0.25, 0.3) is 0 Å². The highest BCUT2D eigenvalue weighted by Crippen LogP contribution is 2.26. The molecule has 2 aliphatic rings. The molecule has 0 aromatic carbocycles. The van der Waals surface area contributed by atoms with Crippen molar-refractivity contribution in [2.75, 3.05) is 26.7 Å². The van der Waals surface area contributed by atoms with Crippen molar-refractivity contribution in [3.05, 3.63) is 0 Å². The number of aliphatic imine (C=N–C) groups is 1. The lowest BCUT2D eigenvalue weighted by Gasteiger charge is -2.28. The Kier molecular flexibility index (Phi) is 9.89. The molecule has 3 unspecified atom stereocenters. The van der Waals surface area contributed by atoms with E-state index in [1.54, 1.807) is 0 Å². The fraction of sp³-hybridized carbons (Fsp3) is 0.944. The van der Waals surface area contributed by atoms with Crippen molar-refractivity contribution in [2.45, 2.75) is 71.1 Å². The summed E-state index contributed by atoms with van der Waals surface area (Å²) >= 11 is 0. The number of hydrogen-bond acceptors (Lipinski definition) is 3. The zero-order chi connectivity index (χ0) is 16.8. The molecule has 2 fully saturated rings. The Labute approximate surface area is 165 Å². The smallest absolute Gasteiger partial charge is 0.191 e. The summed E-state index contributed by atoms with van der Waals surface area (Å²) in [5.41, 5.74) is 0. The Morgan fingerprint density at radius 2 is 1.88 bits per heavy atom. The highest BCUT2D eigenvalue weighted by Gasteiger charge is 2.31. The Morgan fingerprint density at radius 1 is 1.21 bits per heavy atom. The molecule has 1 aliphatic carbocycles. The first-order valence-corrected chi connectivity index (χ1v) is 9.40. The van der Waals surface area contributed by atoms with Gasteiger partial charge in [-0.3, -0.25) is 9.89 Å². The molecule has 0 spiro atoms. The average Bonchev–Trinajstić information content (AvgIpc) is 2.93. The fourth-order valence-electron chi connectivity index (χ4n) is 3.87. The molecule has 6 heteroatoms. The molecule has 0 aromatic heterocycles. The predicted octanol–water partition coefficient (Wildman–Crippen LogP) is 2.44. The maximum atomic E-state index is 10.4. The van der Waals surface area contributed by atoms with Crippen molar-refractivity contribution >= 4 is 29.9 Å². The van der Waals surface area contributed by atoms with Gasteiger partial charge in [0.1, 0.15) is 0 Å². The zero-order valence-electron chi connectivity index (χ0n) is 15.8. The molecule has 1 heterocycles. The van der Waals surface area contributed by atoms with Crippen molar-refractivity contribution in [2.24, 2.45) is 16.8 Å². The van der Waals surface area contributed by atoms with Gasteiger partial charge in [0.05, 0.1) is 6.10 Å². The van der Waals surface area contributed by atoms with E-state index >= 15 is 0 Å². The molecule has 3 atom stereocenters. The summed E-state index contributed by atoms with van der Waals surface area (Å²) in [7, 11) is 1.81. The quantitative estimate of drug-likeness (QED) is 0.341. The maximum Gasteiger partial charge on any atom is 0.191 e. The first-order valence-electron chi connectivity index (χ1n) is 9.40. The molecule has 0 radical (unpaired) electrons. The van der Waals surface area contributed by atoms with Gasteiger partial charge in [0, 0.05) is 38.8 Å². The molecule has 1 saturated heterocycles. The van der Waals surface area contributed by atoms with Crippen molar-refractivity contribution in [1.29, 1.82) is 0 Å². The van der Waals surface area contributed by atoms with Crippen molar-refractivity contribution in [3.8, 4) is 0 Å². The van der Waals surface area contributed by atoms with Crippen LogP contribution < -0.4 is 10.6 Å². The third kappa shape index (κ3) is 6.33. The SMILES string of the molecule is CN=C(NCC(O)C1CCCCC1)NC1CN(C(C)C)CC1C.I. The van der Waals surface area contributed by atoms with Crippen LogP contribution in [0, 0.1) is 11.8 Å². The summed E-state index contributed by atoms with van der Waals surface area (Å²) in [5, 5.41) is 17.3. The second-order valence-corrected chi connectivity index (χ2v) is 7.69. The van der Waals surface area contributed by atoms with E-state index in [0.717, 1.165) is 31.9 Å². The van der Waals surface area contributed by atoms with E-state index in [2.05, 4.69) is 41.3 Å². The topological polar surface area (TPSA) is 59.9 Å². The molecule has 1 aliphatic heterocycles. The lowest BCUT2D eigenvalue weighted by atomic mass is 9.85. The molecule has 142 valence electrons. The van der Waals surface area contributed by atoms with Gasteiger partial charge in [0.2, 0.25) is 0 Å². The van der Waals surface area contributed by atoms with E-state index in [0.29, 0.717) is 30.5 Å². The molecular formula is C18H37IN4O. The summed E-state index contributed by atoms with van der Waals surface area (Å²) in [6, 6.07) is 1.02. The Hall–Kier alpha value is -0.0800. The van der Waals surface area contributed by atoms with Crippen LogP contribution >= 0.6 is 24.0 Å². The number of guanidine groups is 1. The number of nitrogens with one attached hydrogen (secondary N) is 2. The molecule has 5 nitrogen and oxygen atoms in total. The Balaban J connectivity index is 0.00000288. The van der Waals surface area contributed by atoms with E-state index in [1.165, 1.54) is 19.3 Å². The van der Waals surface area contributed by atoms with Gasteiger partial charge < -0.3 is 15.7 Å². The van der Waals surface area contributed by atoms with E-state index in [-0.39, 0.29) is 30.1 Å². The molecule has 0 amide bonds. The second kappa shape index (κ2) is 10.8. The number of aliphatic hydroxyl groups excluding tert-OH is 1. The minimum absolute atomic E-state index is 0. The predicted molar refractivity (Wildman–Crippen MR) is 112 cm³/mol. The standard InChI is InChI=1S/C18H36N4O.HI/c1-13(2)22-11-14(3)16(12-22)21-18(19-4)20-10-17(23)15-8-6-5-7-9-15;/h13-17,23H,5-12H2,1-4H3,(H2,19,20,21);1H. The number of nitrogens with zero attached hydrogens (tertiary/aromatic N) is 2. The first-order chi connectivity index (χ1) is 11.0. The van der Waals surface area contributed by atoms with Crippen molar-refractivity contribution in [3.63, 3.8) is 0 Å². The van der Waals surface area contributed by atoms with Gasteiger partial charge in [-0.25, -0.2) is 0 Å². The minimum atomic E-state index is -0.262. The number of halogens is 1. The summed E-state index contributed by atoms with van der Waals surface area (Å²) < 4.78 is 0. The summed E-state index contributed by atoms with van der Waals surface area (Å²) in [4.78, 5) is 6.84. The fourth-order valence-corrected chi connectivity index (χ4v) is 3.87. The van der Waals surface area contributed by atoms with Gasteiger partial charge in [-0.05, 0) is 38.5 Å². The molecule has 0 bridgehead atoms. The highest BCUT2D eigenvalue weighted by molar-refractivity contribution is 14.0. The van der Waals surface area contributed by atoms with E-state index < -0.39 is 0 Å². The zero-order valence-corrected chi connectivity index (χ0v) is 18.1. The highest BCUT2D eigenvalue weighted by atomic mass is 127. The summed E-state index contributed by atoms with van der Waals surface area (Å²) in [6.07, 6.45) is 5.92. The third-order valence-electron chi connectivity index (χ3n) is 5.59. The third-order valence-corrected chi connectivity index (χ3v) is 5.59. The first kappa shape index (κ1) is 22.0. The average molecular weight is 452 g/mol. The molecule has 0 aromatic rings. The number of rotatable bonds is 5. The van der Waals surface area contributed by atoms with Crippen LogP contribution in [0.4, 0.5) is 0 Å². The molecule has 24 heavy (non-hydrogen) atoms. The van der Waals surface area contributed by atoms with Crippen molar-refractivity contribution in [1.82, 2.24) is 15.5 Å². The number of hydrogen-bond donors (Lipinski definition) is 3. The Morgan fingerprint density at radius 3 is 2.42 bits per heavy atom. The van der Waals surface area contributed by atoms with Crippen LogP contribution in [0.1, 0.15) is 52.9 Å². The number of likely N-dealkylation sites (tertiary alicyclic amines) is 1. The maximum absolute atomic E-state index is 10.4. The van der Waals surface area contributed by atoms with Gasteiger partial charge in [-0.2, -0.15) is 0 Å². The molecule has 1 saturated carbocycles. The van der Waals surface area contributed by atoms with Gasteiger partial charge in [-0.1, -0.05) is 26.2 Å². The van der Waals surface area contributed by atoms with Crippen LogP contribution in [0.3, 0.4) is 0 Å². The van der Waals surface area contributed by atoms with Gasteiger partial charge >= 0.3 is 0 Å². The van der Waals surface area contributed by atoms with E-state index in [4.69, 9.17) is 0 Å². The van der Waals surface area contributed by atoms with Crippen LogP contribution in [-0.2, 0) is 0 Å². The lowest BCUT2D eigenvalue weighted by Crippen LogP contribution is -2.49. The van der Waals surface area contributed by atoms with Crippen LogP contribution in [0.15, 0.2) is 4.99 Å². The van der Waals surface area contributed by atoms with E-state index in [9.17, 15) is 5.11 Å². The van der Waals surface area contributed by atoms with Crippen LogP contribution in [-0.4, -0.2) is 60.8 Å². The van der Waals surface area contributed by atoms with Gasteiger partial charge in [-0.15, -0.1) is 24.0 Å².